The highest BCUT2D eigenvalue weighted by Gasteiger charge is 2.16. The summed E-state index contributed by atoms with van der Waals surface area (Å²) in [6.07, 6.45) is 0. The highest BCUT2D eigenvalue weighted by atomic mass is 32.2. The molecule has 4 nitrogen and oxygen atoms in total. The quantitative estimate of drug-likeness (QED) is 0.650. The molecule has 0 amide bonds. The van der Waals surface area contributed by atoms with Crippen LogP contribution in [-0.2, 0) is 10.0 Å². The maximum atomic E-state index is 12.7. The Bertz CT molecular complexity index is 918. The summed E-state index contributed by atoms with van der Waals surface area (Å²) < 4.78 is 33.2. The molecule has 132 valence electrons. The van der Waals surface area contributed by atoms with Crippen LogP contribution in [0.5, 0.6) is 5.75 Å². The molecule has 2 aromatic carbocycles. The standard InChI is InChI=1S/C19H23NO3SSi/c1-15-6-10-18(11-7-15)24(21,22)20-19-14-17(23-2)9-8-16(19)12-13-25(3,4)5/h6-11,14,20H,1-5H3. The minimum atomic E-state index is -3.69. The summed E-state index contributed by atoms with van der Waals surface area (Å²) in [5.41, 5.74) is 5.32. The van der Waals surface area contributed by atoms with E-state index < -0.39 is 18.1 Å². The van der Waals surface area contributed by atoms with Crippen LogP contribution in [0.4, 0.5) is 5.69 Å². The average Bonchev–Trinajstić information content (AvgIpc) is 2.52. The molecule has 0 bridgehead atoms. The second kappa shape index (κ2) is 7.34. The van der Waals surface area contributed by atoms with Crippen molar-refractivity contribution in [3.05, 3.63) is 53.6 Å². The fraction of sp³-hybridized carbons (Fsp3) is 0.263. The number of benzene rings is 2. The number of rotatable bonds is 4. The molecule has 0 unspecified atom stereocenters. The second-order valence-electron chi connectivity index (χ2n) is 6.83. The maximum Gasteiger partial charge on any atom is 0.261 e. The van der Waals surface area contributed by atoms with Crippen LogP contribution in [0, 0.1) is 18.4 Å². The first-order valence-electron chi connectivity index (χ1n) is 7.91. The Labute approximate surface area is 151 Å². The lowest BCUT2D eigenvalue weighted by Gasteiger charge is -2.12. The number of hydrogen-bond donors (Lipinski definition) is 1. The lowest BCUT2D eigenvalue weighted by molar-refractivity contribution is 0.415. The molecule has 0 heterocycles. The zero-order valence-electron chi connectivity index (χ0n) is 15.2. The summed E-state index contributed by atoms with van der Waals surface area (Å²) in [4.78, 5) is 0.213. The number of methoxy groups -OCH3 is 1. The van der Waals surface area contributed by atoms with E-state index in [4.69, 9.17) is 4.74 Å². The van der Waals surface area contributed by atoms with Crippen molar-refractivity contribution in [3.8, 4) is 17.2 Å². The van der Waals surface area contributed by atoms with Crippen LogP contribution < -0.4 is 9.46 Å². The number of hydrogen-bond acceptors (Lipinski definition) is 3. The van der Waals surface area contributed by atoms with Gasteiger partial charge in [-0.2, -0.15) is 0 Å². The summed E-state index contributed by atoms with van der Waals surface area (Å²) in [7, 11) is -3.73. The first-order chi connectivity index (χ1) is 11.6. The number of ether oxygens (including phenoxy) is 1. The first kappa shape index (κ1) is 19.1. The lowest BCUT2D eigenvalue weighted by atomic mass is 10.2. The summed E-state index contributed by atoms with van der Waals surface area (Å²) >= 11 is 0. The zero-order chi connectivity index (χ0) is 18.7. The Balaban J connectivity index is 2.45. The van der Waals surface area contributed by atoms with Crippen LogP contribution in [0.3, 0.4) is 0 Å². The van der Waals surface area contributed by atoms with E-state index in [1.165, 1.54) is 0 Å². The lowest BCUT2D eigenvalue weighted by Crippen LogP contribution is -2.17. The van der Waals surface area contributed by atoms with Gasteiger partial charge in [-0.3, -0.25) is 4.72 Å². The number of anilines is 1. The van der Waals surface area contributed by atoms with Gasteiger partial charge in [0, 0.05) is 11.6 Å². The Morgan fingerprint density at radius 2 is 1.68 bits per heavy atom. The van der Waals surface area contributed by atoms with Crippen molar-refractivity contribution < 1.29 is 13.2 Å². The molecule has 0 spiro atoms. The molecular formula is C19H23NO3SSi. The molecule has 0 saturated heterocycles. The number of aryl methyl sites for hydroxylation is 1. The van der Waals surface area contributed by atoms with Gasteiger partial charge in [-0.15, -0.1) is 5.54 Å². The molecule has 0 aliphatic carbocycles. The Kier molecular flexibility index (Phi) is 5.61. The van der Waals surface area contributed by atoms with E-state index in [1.807, 2.05) is 6.92 Å². The van der Waals surface area contributed by atoms with Crippen molar-refractivity contribution in [2.45, 2.75) is 31.5 Å². The number of nitrogens with one attached hydrogen (secondary N) is 1. The zero-order valence-corrected chi connectivity index (χ0v) is 17.0. The summed E-state index contributed by atoms with van der Waals surface area (Å²) in [6.45, 7) is 8.33. The third-order valence-electron chi connectivity index (χ3n) is 3.37. The van der Waals surface area contributed by atoms with Crippen molar-refractivity contribution in [2.24, 2.45) is 0 Å². The Hall–Kier alpha value is -2.23. The van der Waals surface area contributed by atoms with Gasteiger partial charge in [-0.25, -0.2) is 8.42 Å². The van der Waals surface area contributed by atoms with E-state index in [9.17, 15) is 8.42 Å². The van der Waals surface area contributed by atoms with Crippen molar-refractivity contribution in [2.75, 3.05) is 11.8 Å². The van der Waals surface area contributed by atoms with Crippen LogP contribution >= 0.6 is 0 Å². The normalized spacial score (nSPS) is 11.4. The van der Waals surface area contributed by atoms with Crippen molar-refractivity contribution in [1.29, 1.82) is 0 Å². The van der Waals surface area contributed by atoms with Gasteiger partial charge < -0.3 is 4.74 Å². The fourth-order valence-electron chi connectivity index (χ4n) is 2.02. The summed E-state index contributed by atoms with van der Waals surface area (Å²) in [5, 5.41) is 0. The van der Waals surface area contributed by atoms with E-state index >= 15 is 0 Å². The topological polar surface area (TPSA) is 55.4 Å². The molecule has 0 aromatic heterocycles. The largest absolute Gasteiger partial charge is 0.497 e. The molecule has 0 radical (unpaired) electrons. The van der Waals surface area contributed by atoms with Gasteiger partial charge in [0.05, 0.1) is 17.7 Å². The van der Waals surface area contributed by atoms with Gasteiger partial charge in [-0.1, -0.05) is 43.3 Å². The van der Waals surface area contributed by atoms with E-state index in [0.717, 1.165) is 5.56 Å². The predicted molar refractivity (Wildman–Crippen MR) is 105 cm³/mol. The molecule has 0 saturated carbocycles. The molecule has 1 N–H and O–H groups in total. The van der Waals surface area contributed by atoms with Gasteiger partial charge in [0.15, 0.2) is 0 Å². The monoisotopic (exact) mass is 373 g/mol. The Morgan fingerprint density at radius 1 is 1.04 bits per heavy atom. The van der Waals surface area contributed by atoms with Crippen LogP contribution in [0.15, 0.2) is 47.4 Å². The maximum absolute atomic E-state index is 12.7. The van der Waals surface area contributed by atoms with Gasteiger partial charge in [-0.05, 0) is 31.2 Å². The summed E-state index contributed by atoms with van der Waals surface area (Å²) in [6, 6.07) is 11.9. The van der Waals surface area contributed by atoms with Crippen molar-refractivity contribution in [1.82, 2.24) is 0 Å². The highest BCUT2D eigenvalue weighted by molar-refractivity contribution is 7.92. The van der Waals surface area contributed by atoms with Gasteiger partial charge in [0.25, 0.3) is 10.0 Å². The van der Waals surface area contributed by atoms with E-state index in [2.05, 4.69) is 35.8 Å². The van der Waals surface area contributed by atoms with E-state index in [-0.39, 0.29) is 4.90 Å². The molecular weight excluding hydrogens is 350 g/mol. The summed E-state index contributed by atoms with van der Waals surface area (Å²) in [5.74, 6) is 3.69. The molecule has 0 aliphatic heterocycles. The second-order valence-corrected chi connectivity index (χ2v) is 13.3. The van der Waals surface area contributed by atoms with Gasteiger partial charge >= 0.3 is 0 Å². The molecule has 0 aliphatic rings. The molecule has 0 fully saturated rings. The van der Waals surface area contributed by atoms with Crippen LogP contribution in [0.2, 0.25) is 19.6 Å². The molecule has 2 rings (SSSR count). The SMILES string of the molecule is COc1ccc(C#C[Si](C)(C)C)c(NS(=O)(=O)c2ccc(C)cc2)c1. The molecule has 6 heteroatoms. The van der Waals surface area contributed by atoms with E-state index in [1.54, 1.807) is 49.6 Å². The first-order valence-corrected chi connectivity index (χ1v) is 12.9. The minimum Gasteiger partial charge on any atom is -0.497 e. The highest BCUT2D eigenvalue weighted by Crippen LogP contribution is 2.25. The Morgan fingerprint density at radius 3 is 2.24 bits per heavy atom. The fourth-order valence-corrected chi connectivity index (χ4v) is 3.60. The third kappa shape index (κ3) is 5.38. The average molecular weight is 374 g/mol. The molecule has 0 atom stereocenters. The van der Waals surface area contributed by atoms with Crippen molar-refractivity contribution >= 4 is 23.8 Å². The van der Waals surface area contributed by atoms with Crippen molar-refractivity contribution in [3.63, 3.8) is 0 Å². The van der Waals surface area contributed by atoms with Crippen LogP contribution in [-0.4, -0.2) is 23.6 Å². The molecule has 2 aromatic rings. The van der Waals surface area contributed by atoms with Gasteiger partial charge in [0.1, 0.15) is 13.8 Å². The third-order valence-corrected chi connectivity index (χ3v) is 5.63. The predicted octanol–water partition coefficient (Wildman–Crippen LogP) is 4.03. The van der Waals surface area contributed by atoms with Crippen LogP contribution in [0.25, 0.3) is 0 Å². The van der Waals surface area contributed by atoms with Gasteiger partial charge in [0.2, 0.25) is 0 Å². The van der Waals surface area contributed by atoms with Crippen LogP contribution in [0.1, 0.15) is 11.1 Å². The van der Waals surface area contributed by atoms with E-state index in [0.29, 0.717) is 17.0 Å². The minimum absolute atomic E-state index is 0.213. The molecule has 25 heavy (non-hydrogen) atoms. The smallest absolute Gasteiger partial charge is 0.261 e. The number of sulfonamides is 1.